The van der Waals surface area contributed by atoms with Crippen LogP contribution < -0.4 is 16.4 Å². The minimum Gasteiger partial charge on any atom is -0.355 e. The Labute approximate surface area is 116 Å². The van der Waals surface area contributed by atoms with Gasteiger partial charge in [-0.2, -0.15) is 0 Å². The van der Waals surface area contributed by atoms with E-state index in [9.17, 15) is 9.59 Å². The van der Waals surface area contributed by atoms with Gasteiger partial charge < -0.3 is 16.4 Å². The van der Waals surface area contributed by atoms with Gasteiger partial charge in [0.2, 0.25) is 11.8 Å². The first-order chi connectivity index (χ1) is 8.90. The molecule has 0 bridgehead atoms. The van der Waals surface area contributed by atoms with Crippen LogP contribution >= 0.6 is 0 Å². The van der Waals surface area contributed by atoms with Gasteiger partial charge in [-0.25, -0.2) is 0 Å². The van der Waals surface area contributed by atoms with E-state index in [0.717, 1.165) is 12.8 Å². The second kappa shape index (κ2) is 9.78. The first-order valence-electron chi connectivity index (χ1n) is 7.17. The van der Waals surface area contributed by atoms with Crippen molar-refractivity contribution in [1.29, 1.82) is 0 Å². The molecule has 19 heavy (non-hydrogen) atoms. The summed E-state index contributed by atoms with van der Waals surface area (Å²) < 4.78 is 0. The molecule has 0 spiro atoms. The molecule has 0 aromatic carbocycles. The highest BCUT2D eigenvalue weighted by Crippen LogP contribution is 2.10. The van der Waals surface area contributed by atoms with Crippen molar-refractivity contribution < 1.29 is 9.59 Å². The van der Waals surface area contributed by atoms with Gasteiger partial charge in [0.1, 0.15) is 0 Å². The van der Waals surface area contributed by atoms with Crippen molar-refractivity contribution in [2.75, 3.05) is 13.1 Å². The molecule has 0 saturated heterocycles. The number of carbonyl (C=O) groups excluding carboxylic acids is 2. The Morgan fingerprint density at radius 2 is 1.84 bits per heavy atom. The summed E-state index contributed by atoms with van der Waals surface area (Å²) in [5.41, 5.74) is 5.60. The van der Waals surface area contributed by atoms with Crippen LogP contribution in [0.3, 0.4) is 0 Å². The number of amides is 2. The van der Waals surface area contributed by atoms with E-state index in [-0.39, 0.29) is 23.8 Å². The summed E-state index contributed by atoms with van der Waals surface area (Å²) in [6.45, 7) is 8.83. The fraction of sp³-hybridized carbons (Fsp3) is 0.857. The lowest BCUT2D eigenvalue weighted by Gasteiger charge is -2.17. The van der Waals surface area contributed by atoms with Crippen molar-refractivity contribution in [3.8, 4) is 0 Å². The standard InChI is InChI=1S/C14H29N3O2/c1-5-11(4)17-13(18)6-7-16-14(19)12(9-15)8-10(2)3/h10-12H,5-9,15H2,1-4H3,(H,16,19)(H,17,18). The molecule has 5 heteroatoms. The van der Waals surface area contributed by atoms with Crippen LogP contribution in [-0.4, -0.2) is 30.9 Å². The molecule has 0 fully saturated rings. The van der Waals surface area contributed by atoms with E-state index in [1.165, 1.54) is 0 Å². The molecule has 2 unspecified atom stereocenters. The summed E-state index contributed by atoms with van der Waals surface area (Å²) in [6.07, 6.45) is 2.00. The Morgan fingerprint density at radius 3 is 2.32 bits per heavy atom. The molecule has 0 heterocycles. The smallest absolute Gasteiger partial charge is 0.224 e. The summed E-state index contributed by atoms with van der Waals surface area (Å²) in [5, 5.41) is 5.65. The van der Waals surface area contributed by atoms with Gasteiger partial charge in [-0.3, -0.25) is 9.59 Å². The summed E-state index contributed by atoms with van der Waals surface area (Å²) >= 11 is 0. The molecule has 2 atom stereocenters. The number of carbonyl (C=O) groups is 2. The van der Waals surface area contributed by atoms with E-state index in [4.69, 9.17) is 5.73 Å². The zero-order valence-electron chi connectivity index (χ0n) is 12.7. The lowest BCUT2D eigenvalue weighted by atomic mass is 9.96. The maximum Gasteiger partial charge on any atom is 0.224 e. The molecule has 0 aliphatic rings. The first-order valence-corrected chi connectivity index (χ1v) is 7.17. The van der Waals surface area contributed by atoms with Gasteiger partial charge in [0, 0.05) is 25.6 Å². The summed E-state index contributed by atoms with van der Waals surface area (Å²) in [7, 11) is 0. The van der Waals surface area contributed by atoms with Gasteiger partial charge in [-0.05, 0) is 25.7 Å². The van der Waals surface area contributed by atoms with E-state index in [0.29, 0.717) is 25.4 Å². The maximum absolute atomic E-state index is 11.8. The van der Waals surface area contributed by atoms with Crippen LogP contribution in [0.2, 0.25) is 0 Å². The van der Waals surface area contributed by atoms with Gasteiger partial charge in [0.05, 0.1) is 5.92 Å². The van der Waals surface area contributed by atoms with Crippen LogP contribution in [0.1, 0.15) is 47.0 Å². The highest BCUT2D eigenvalue weighted by Gasteiger charge is 2.17. The second-order valence-corrected chi connectivity index (χ2v) is 5.48. The van der Waals surface area contributed by atoms with E-state index < -0.39 is 0 Å². The van der Waals surface area contributed by atoms with Crippen molar-refractivity contribution in [2.24, 2.45) is 17.6 Å². The van der Waals surface area contributed by atoms with Crippen LogP contribution in [0.5, 0.6) is 0 Å². The van der Waals surface area contributed by atoms with Crippen molar-refractivity contribution >= 4 is 11.8 Å². The van der Waals surface area contributed by atoms with Gasteiger partial charge in [0.15, 0.2) is 0 Å². The average molecular weight is 271 g/mol. The van der Waals surface area contributed by atoms with E-state index in [1.54, 1.807) is 0 Å². The Hall–Kier alpha value is -1.10. The van der Waals surface area contributed by atoms with Crippen molar-refractivity contribution in [3.63, 3.8) is 0 Å². The van der Waals surface area contributed by atoms with E-state index in [2.05, 4.69) is 24.5 Å². The zero-order chi connectivity index (χ0) is 14.8. The fourth-order valence-electron chi connectivity index (χ4n) is 1.77. The highest BCUT2D eigenvalue weighted by atomic mass is 16.2. The number of rotatable bonds is 9. The zero-order valence-corrected chi connectivity index (χ0v) is 12.7. The third kappa shape index (κ3) is 8.59. The van der Waals surface area contributed by atoms with Crippen LogP contribution in [-0.2, 0) is 9.59 Å². The number of nitrogens with one attached hydrogen (secondary N) is 2. The van der Waals surface area contributed by atoms with Gasteiger partial charge in [-0.1, -0.05) is 20.8 Å². The summed E-state index contributed by atoms with van der Waals surface area (Å²) in [6, 6.07) is 0.181. The number of hydrogen-bond acceptors (Lipinski definition) is 3. The molecule has 0 saturated carbocycles. The largest absolute Gasteiger partial charge is 0.355 e. The lowest BCUT2D eigenvalue weighted by molar-refractivity contribution is -0.125. The number of nitrogens with two attached hydrogens (primary N) is 1. The van der Waals surface area contributed by atoms with E-state index >= 15 is 0 Å². The minimum absolute atomic E-state index is 0.0252. The molecule has 2 amide bonds. The normalized spacial score (nSPS) is 14.0. The Balaban J connectivity index is 3.92. The van der Waals surface area contributed by atoms with Crippen molar-refractivity contribution in [2.45, 2.75) is 53.0 Å². The Kier molecular flexibility index (Phi) is 9.21. The van der Waals surface area contributed by atoms with Crippen LogP contribution in [0, 0.1) is 11.8 Å². The lowest BCUT2D eigenvalue weighted by Crippen LogP contribution is -2.39. The summed E-state index contributed by atoms with van der Waals surface area (Å²) in [4.78, 5) is 23.4. The average Bonchev–Trinajstić information content (AvgIpc) is 2.35. The quantitative estimate of drug-likeness (QED) is 0.585. The highest BCUT2D eigenvalue weighted by molar-refractivity contribution is 5.80. The minimum atomic E-state index is -0.155. The molecule has 5 nitrogen and oxygen atoms in total. The van der Waals surface area contributed by atoms with Gasteiger partial charge in [0.25, 0.3) is 0 Å². The van der Waals surface area contributed by atoms with Crippen LogP contribution in [0.15, 0.2) is 0 Å². The maximum atomic E-state index is 11.8. The molecule has 0 aromatic heterocycles. The Bertz CT molecular complexity index is 280. The van der Waals surface area contributed by atoms with Crippen LogP contribution in [0.4, 0.5) is 0 Å². The number of hydrogen-bond donors (Lipinski definition) is 3. The third-order valence-corrected chi connectivity index (χ3v) is 3.08. The fourth-order valence-corrected chi connectivity index (χ4v) is 1.77. The Morgan fingerprint density at radius 1 is 1.21 bits per heavy atom. The van der Waals surface area contributed by atoms with Gasteiger partial charge >= 0.3 is 0 Å². The molecular weight excluding hydrogens is 242 g/mol. The second-order valence-electron chi connectivity index (χ2n) is 5.48. The molecular formula is C14H29N3O2. The molecule has 0 rings (SSSR count). The van der Waals surface area contributed by atoms with Gasteiger partial charge in [-0.15, -0.1) is 0 Å². The molecule has 0 radical (unpaired) electrons. The van der Waals surface area contributed by atoms with Crippen molar-refractivity contribution in [1.82, 2.24) is 10.6 Å². The van der Waals surface area contributed by atoms with E-state index in [1.807, 2.05) is 13.8 Å². The molecule has 112 valence electrons. The predicted octanol–water partition coefficient (Wildman–Crippen LogP) is 1.03. The third-order valence-electron chi connectivity index (χ3n) is 3.08. The SMILES string of the molecule is CCC(C)NC(=O)CCNC(=O)C(CN)CC(C)C. The first kappa shape index (κ1) is 17.9. The molecule has 0 aliphatic heterocycles. The molecule has 0 aliphatic carbocycles. The topological polar surface area (TPSA) is 84.2 Å². The molecule has 4 N–H and O–H groups in total. The predicted molar refractivity (Wildman–Crippen MR) is 77.5 cm³/mol. The summed E-state index contributed by atoms with van der Waals surface area (Å²) in [5.74, 6) is 0.209. The molecule has 0 aromatic rings. The monoisotopic (exact) mass is 271 g/mol. The van der Waals surface area contributed by atoms with Crippen LogP contribution in [0.25, 0.3) is 0 Å². The van der Waals surface area contributed by atoms with Crippen molar-refractivity contribution in [3.05, 3.63) is 0 Å².